The highest BCUT2D eigenvalue weighted by atomic mass is 16.5. The summed E-state index contributed by atoms with van der Waals surface area (Å²) in [6.45, 7) is 7.68. The van der Waals surface area contributed by atoms with Crippen LogP contribution in [0.3, 0.4) is 0 Å². The molecule has 6 heteroatoms. The van der Waals surface area contributed by atoms with Crippen molar-refractivity contribution in [2.75, 3.05) is 6.61 Å². The van der Waals surface area contributed by atoms with Gasteiger partial charge in [0.15, 0.2) is 5.78 Å². The lowest BCUT2D eigenvalue weighted by Gasteiger charge is -2.31. The quantitative estimate of drug-likeness (QED) is 0.612. The van der Waals surface area contributed by atoms with E-state index in [1.54, 1.807) is 18.2 Å². The summed E-state index contributed by atoms with van der Waals surface area (Å²) in [5, 5.41) is 31.6. The molecule has 0 bridgehead atoms. The van der Waals surface area contributed by atoms with Gasteiger partial charge in [-0.05, 0) is 52.3 Å². The van der Waals surface area contributed by atoms with E-state index in [0.29, 0.717) is 28.9 Å². The molecule has 31 heavy (non-hydrogen) atoms. The largest absolute Gasteiger partial charge is 0.507 e. The van der Waals surface area contributed by atoms with E-state index in [0.717, 1.165) is 5.57 Å². The first-order valence-corrected chi connectivity index (χ1v) is 10.2. The molecule has 0 aliphatic carbocycles. The third kappa shape index (κ3) is 3.63. The Morgan fingerprint density at radius 3 is 2.65 bits per heavy atom. The number of ketones is 1. The van der Waals surface area contributed by atoms with E-state index in [9.17, 15) is 20.1 Å². The zero-order valence-corrected chi connectivity index (χ0v) is 18.0. The zero-order chi connectivity index (χ0) is 22.5. The summed E-state index contributed by atoms with van der Waals surface area (Å²) >= 11 is 0. The van der Waals surface area contributed by atoms with Gasteiger partial charge in [0.25, 0.3) is 0 Å². The fourth-order valence-corrected chi connectivity index (χ4v) is 3.96. The van der Waals surface area contributed by atoms with Crippen molar-refractivity contribution in [2.45, 2.75) is 45.6 Å². The van der Waals surface area contributed by atoms with E-state index in [2.05, 4.69) is 0 Å². The average Bonchev–Trinajstić information content (AvgIpc) is 2.67. The van der Waals surface area contributed by atoms with Crippen molar-refractivity contribution in [3.8, 4) is 28.7 Å². The monoisotopic (exact) mass is 422 g/mol. The van der Waals surface area contributed by atoms with Crippen LogP contribution < -0.4 is 9.47 Å². The van der Waals surface area contributed by atoms with Crippen molar-refractivity contribution < 1.29 is 29.6 Å². The van der Waals surface area contributed by atoms with Crippen LogP contribution in [0.2, 0.25) is 0 Å². The van der Waals surface area contributed by atoms with E-state index in [4.69, 9.17) is 9.47 Å². The molecule has 162 valence electrons. The number of phenolic OH excluding ortho intramolecular Hbond substituents is 3. The maximum Gasteiger partial charge on any atom is 0.181 e. The molecule has 0 fully saturated rings. The second kappa shape index (κ2) is 7.38. The van der Waals surface area contributed by atoms with Crippen LogP contribution >= 0.6 is 0 Å². The van der Waals surface area contributed by atoms with Crippen LogP contribution in [0.15, 0.2) is 35.9 Å². The molecule has 2 aliphatic rings. The van der Waals surface area contributed by atoms with Crippen LogP contribution in [-0.2, 0) is 6.42 Å². The van der Waals surface area contributed by atoms with Gasteiger partial charge in [0.1, 0.15) is 46.5 Å². The topological polar surface area (TPSA) is 96.2 Å². The van der Waals surface area contributed by atoms with Crippen LogP contribution in [-0.4, -0.2) is 33.3 Å². The first-order valence-electron chi connectivity index (χ1n) is 10.2. The standard InChI is InChI=1S/C25H26O6/c1-13(2)5-6-15-18(26)11-19(27)21-23(29)17(12-30-24(15)21)14-7-8-20-16(22(14)28)9-10-25(3,4)31-20/h5,7-11,17,26-28H,6,12H2,1-4H3/t17-/m0/s1. The first-order chi connectivity index (χ1) is 14.6. The molecule has 0 radical (unpaired) electrons. The SMILES string of the molecule is CC(C)=CCc1c(O)cc(O)c2c1OC[C@@H](c1ccc3c(c1O)C=CC(C)(C)O3)C2=O. The molecule has 2 aliphatic heterocycles. The van der Waals surface area contributed by atoms with Crippen molar-refractivity contribution in [1.29, 1.82) is 0 Å². The van der Waals surface area contributed by atoms with Gasteiger partial charge in [-0.1, -0.05) is 17.7 Å². The number of ether oxygens (including phenoxy) is 2. The third-order valence-electron chi connectivity index (χ3n) is 5.62. The number of fused-ring (bicyclic) bond motifs is 2. The Morgan fingerprint density at radius 2 is 1.94 bits per heavy atom. The van der Waals surface area contributed by atoms with Crippen LogP contribution in [0.4, 0.5) is 0 Å². The molecule has 0 spiro atoms. The molecule has 2 aromatic carbocycles. The minimum absolute atomic E-state index is 0.0149. The molecule has 2 aromatic rings. The molecule has 0 unspecified atom stereocenters. The molecular weight excluding hydrogens is 396 g/mol. The van der Waals surface area contributed by atoms with Gasteiger partial charge in [-0.3, -0.25) is 4.79 Å². The van der Waals surface area contributed by atoms with Crippen molar-refractivity contribution >= 4 is 11.9 Å². The van der Waals surface area contributed by atoms with Gasteiger partial charge in [0.2, 0.25) is 0 Å². The van der Waals surface area contributed by atoms with Gasteiger partial charge >= 0.3 is 0 Å². The number of hydrogen-bond acceptors (Lipinski definition) is 6. The zero-order valence-electron chi connectivity index (χ0n) is 18.0. The van der Waals surface area contributed by atoms with Crippen LogP contribution in [0.1, 0.15) is 60.7 Å². The number of carbonyl (C=O) groups is 1. The van der Waals surface area contributed by atoms with Crippen LogP contribution in [0, 0.1) is 0 Å². The minimum atomic E-state index is -0.798. The maximum absolute atomic E-state index is 13.4. The molecule has 6 nitrogen and oxygen atoms in total. The van der Waals surface area contributed by atoms with E-state index >= 15 is 0 Å². The predicted octanol–water partition coefficient (Wildman–Crippen LogP) is 4.86. The van der Waals surface area contributed by atoms with Gasteiger partial charge in [-0.15, -0.1) is 0 Å². The molecule has 4 rings (SSSR count). The number of carbonyl (C=O) groups excluding carboxylic acids is 1. The van der Waals surface area contributed by atoms with E-state index in [1.807, 2.05) is 39.8 Å². The summed E-state index contributed by atoms with van der Waals surface area (Å²) < 4.78 is 11.8. The summed E-state index contributed by atoms with van der Waals surface area (Å²) in [6, 6.07) is 4.55. The highest BCUT2D eigenvalue weighted by molar-refractivity contribution is 6.07. The summed E-state index contributed by atoms with van der Waals surface area (Å²) in [5.74, 6) is -0.944. The van der Waals surface area contributed by atoms with Crippen molar-refractivity contribution in [3.63, 3.8) is 0 Å². The fourth-order valence-electron chi connectivity index (χ4n) is 3.96. The number of benzene rings is 2. The van der Waals surface area contributed by atoms with Gasteiger partial charge in [-0.2, -0.15) is 0 Å². The molecule has 0 saturated carbocycles. The molecule has 0 aromatic heterocycles. The van der Waals surface area contributed by atoms with Crippen LogP contribution in [0.25, 0.3) is 6.08 Å². The Kier molecular flexibility index (Phi) is 4.96. The second-order valence-corrected chi connectivity index (χ2v) is 8.76. The Balaban J connectivity index is 1.76. The normalized spacial score (nSPS) is 18.5. The number of rotatable bonds is 3. The second-order valence-electron chi connectivity index (χ2n) is 8.76. The highest BCUT2D eigenvalue weighted by Crippen LogP contribution is 2.47. The van der Waals surface area contributed by atoms with Gasteiger partial charge in [-0.25, -0.2) is 0 Å². The van der Waals surface area contributed by atoms with E-state index < -0.39 is 11.5 Å². The number of Topliss-reactive ketones (excluding diaryl/α,β-unsaturated/α-hetero) is 1. The highest BCUT2D eigenvalue weighted by Gasteiger charge is 2.37. The molecule has 3 N–H and O–H groups in total. The lowest BCUT2D eigenvalue weighted by molar-refractivity contribution is 0.0888. The number of hydrogen-bond donors (Lipinski definition) is 3. The number of phenols is 3. The molecular formula is C25H26O6. The summed E-state index contributed by atoms with van der Waals surface area (Å²) in [7, 11) is 0. The molecule has 0 amide bonds. The fraction of sp³-hybridized carbons (Fsp3) is 0.320. The number of aromatic hydroxyl groups is 3. The third-order valence-corrected chi connectivity index (χ3v) is 5.62. The van der Waals surface area contributed by atoms with E-state index in [-0.39, 0.29) is 41.0 Å². The Morgan fingerprint density at radius 1 is 1.19 bits per heavy atom. The van der Waals surface area contributed by atoms with Crippen LogP contribution in [0.5, 0.6) is 28.7 Å². The Hall–Kier alpha value is -3.41. The van der Waals surface area contributed by atoms with Crippen molar-refractivity contribution in [1.82, 2.24) is 0 Å². The average molecular weight is 422 g/mol. The lowest BCUT2D eigenvalue weighted by atomic mass is 9.85. The van der Waals surface area contributed by atoms with Gasteiger partial charge in [0, 0.05) is 17.2 Å². The number of allylic oxidation sites excluding steroid dienone is 2. The summed E-state index contributed by atoms with van der Waals surface area (Å²) in [4.78, 5) is 13.4. The predicted molar refractivity (Wildman–Crippen MR) is 117 cm³/mol. The van der Waals surface area contributed by atoms with Gasteiger partial charge in [0.05, 0.1) is 11.5 Å². The van der Waals surface area contributed by atoms with Crippen molar-refractivity contribution in [2.24, 2.45) is 0 Å². The lowest BCUT2D eigenvalue weighted by Crippen LogP contribution is -2.29. The van der Waals surface area contributed by atoms with E-state index in [1.165, 1.54) is 6.07 Å². The summed E-state index contributed by atoms with van der Waals surface area (Å²) in [5.41, 5.74) is 1.96. The first kappa shape index (κ1) is 20.8. The van der Waals surface area contributed by atoms with Gasteiger partial charge < -0.3 is 24.8 Å². The maximum atomic E-state index is 13.4. The Labute approximate surface area is 181 Å². The van der Waals surface area contributed by atoms with Crippen molar-refractivity contribution in [3.05, 3.63) is 58.2 Å². The smallest absolute Gasteiger partial charge is 0.181 e. The molecule has 0 saturated heterocycles. The summed E-state index contributed by atoms with van der Waals surface area (Å²) in [6.07, 6.45) is 5.91. The Bertz CT molecular complexity index is 1140. The minimum Gasteiger partial charge on any atom is -0.507 e. The molecule has 1 atom stereocenters. The molecule has 2 heterocycles.